The van der Waals surface area contributed by atoms with E-state index in [1.165, 1.54) is 4.68 Å². The van der Waals surface area contributed by atoms with E-state index in [4.69, 9.17) is 4.74 Å². The number of hydrogen-bond donors (Lipinski definition) is 2. The number of ketones is 1. The predicted molar refractivity (Wildman–Crippen MR) is 82.7 cm³/mol. The van der Waals surface area contributed by atoms with Crippen molar-refractivity contribution in [3.05, 3.63) is 35.3 Å². The van der Waals surface area contributed by atoms with Crippen LogP contribution in [0.1, 0.15) is 34.7 Å². The maximum absolute atomic E-state index is 12.3. The highest BCUT2D eigenvalue weighted by atomic mass is 16.5. The van der Waals surface area contributed by atoms with Gasteiger partial charge < -0.3 is 10.1 Å². The molecule has 0 fully saturated rings. The molecule has 2 N–H and O–H groups in total. The minimum absolute atomic E-state index is 0.112. The van der Waals surface area contributed by atoms with Crippen LogP contribution in [0.15, 0.2) is 18.2 Å². The maximum atomic E-state index is 12.3. The van der Waals surface area contributed by atoms with Gasteiger partial charge in [-0.05, 0) is 24.1 Å². The number of nitrogens with zero attached hydrogens (tertiary/aromatic N) is 3. The molecule has 2 heterocycles. The molecule has 0 atom stereocenters. The molecule has 0 radical (unpaired) electrons. The first-order valence-electron chi connectivity index (χ1n) is 7.19. The fourth-order valence-electron chi connectivity index (χ4n) is 2.50. The highest BCUT2D eigenvalue weighted by molar-refractivity contribution is 6.03. The second-order valence-corrected chi connectivity index (χ2v) is 5.33. The fourth-order valence-corrected chi connectivity index (χ4v) is 2.50. The van der Waals surface area contributed by atoms with Gasteiger partial charge in [0.05, 0.1) is 18.0 Å². The molecule has 8 heteroatoms. The van der Waals surface area contributed by atoms with Crippen molar-refractivity contribution in [3.63, 3.8) is 0 Å². The zero-order valence-corrected chi connectivity index (χ0v) is 12.9. The summed E-state index contributed by atoms with van der Waals surface area (Å²) in [5.74, 6) is 0.206. The van der Waals surface area contributed by atoms with Crippen LogP contribution in [0.2, 0.25) is 0 Å². The van der Waals surface area contributed by atoms with E-state index in [1.54, 1.807) is 32.4 Å². The normalized spacial score (nSPS) is 14.2. The number of carbonyl (C=O) groups excluding carboxylic acids is 2. The molecule has 2 aromatic heterocycles. The van der Waals surface area contributed by atoms with Gasteiger partial charge >= 0.3 is 0 Å². The summed E-state index contributed by atoms with van der Waals surface area (Å²) >= 11 is 0. The summed E-state index contributed by atoms with van der Waals surface area (Å²) in [6.45, 7) is 0.343. The number of aromatic amines is 1. The van der Waals surface area contributed by atoms with E-state index >= 15 is 0 Å². The van der Waals surface area contributed by atoms with E-state index in [9.17, 15) is 9.59 Å². The summed E-state index contributed by atoms with van der Waals surface area (Å²) in [5.41, 5.74) is 2.75. The number of allylic oxidation sites excluding steroid dienone is 2. The van der Waals surface area contributed by atoms with Crippen molar-refractivity contribution in [1.82, 2.24) is 20.0 Å². The number of amides is 1. The van der Waals surface area contributed by atoms with Gasteiger partial charge in [-0.1, -0.05) is 0 Å². The Morgan fingerprint density at radius 2 is 2.26 bits per heavy atom. The van der Waals surface area contributed by atoms with E-state index in [0.29, 0.717) is 36.7 Å². The topological polar surface area (TPSA) is 102 Å². The molecule has 3 rings (SSSR count). The Kier molecular flexibility index (Phi) is 4.07. The van der Waals surface area contributed by atoms with Crippen LogP contribution in [0, 0.1) is 0 Å². The lowest BCUT2D eigenvalue weighted by Gasteiger charge is -2.01. The highest BCUT2D eigenvalue weighted by Gasteiger charge is 2.18. The molecule has 120 valence electrons. The third-order valence-corrected chi connectivity index (χ3v) is 3.60. The summed E-state index contributed by atoms with van der Waals surface area (Å²) in [6.07, 6.45) is 2.82. The molecule has 1 amide bonds. The lowest BCUT2D eigenvalue weighted by atomic mass is 10.2. The number of aryl methyl sites for hydroxylation is 1. The number of hydrogen-bond acceptors (Lipinski definition) is 5. The molecule has 8 nitrogen and oxygen atoms in total. The molecular formula is C15H17N5O3. The van der Waals surface area contributed by atoms with Crippen LogP contribution in [0.5, 0.6) is 0 Å². The van der Waals surface area contributed by atoms with Crippen LogP contribution >= 0.6 is 0 Å². The lowest BCUT2D eigenvalue weighted by Crippen LogP contribution is -2.16. The van der Waals surface area contributed by atoms with Crippen molar-refractivity contribution in [1.29, 1.82) is 0 Å². The summed E-state index contributed by atoms with van der Waals surface area (Å²) in [4.78, 5) is 23.6. The largest absolute Gasteiger partial charge is 0.378 e. The van der Waals surface area contributed by atoms with Crippen LogP contribution in [-0.4, -0.2) is 38.8 Å². The number of methoxy groups -OCH3 is 1. The number of anilines is 1. The number of ether oxygens (including phenoxy) is 1. The average Bonchev–Trinajstić information content (AvgIpc) is 3.20. The molecule has 0 saturated heterocycles. The molecule has 0 saturated carbocycles. The predicted octanol–water partition coefficient (Wildman–Crippen LogP) is 1.29. The molecular weight excluding hydrogens is 298 g/mol. The molecule has 0 unspecified atom stereocenters. The van der Waals surface area contributed by atoms with E-state index in [2.05, 4.69) is 20.6 Å². The highest BCUT2D eigenvalue weighted by Crippen LogP contribution is 2.25. The smallest absolute Gasteiger partial charge is 0.275 e. The lowest BCUT2D eigenvalue weighted by molar-refractivity contribution is -0.114. The molecule has 2 aromatic rings. The van der Waals surface area contributed by atoms with E-state index in [-0.39, 0.29) is 11.7 Å². The minimum Gasteiger partial charge on any atom is -0.378 e. The van der Waals surface area contributed by atoms with Crippen LogP contribution < -0.4 is 5.32 Å². The average molecular weight is 315 g/mol. The minimum atomic E-state index is -0.308. The monoisotopic (exact) mass is 315 g/mol. The maximum Gasteiger partial charge on any atom is 0.275 e. The zero-order valence-electron chi connectivity index (χ0n) is 12.9. The van der Waals surface area contributed by atoms with Crippen molar-refractivity contribution < 1.29 is 14.3 Å². The van der Waals surface area contributed by atoms with Crippen molar-refractivity contribution >= 4 is 23.1 Å². The van der Waals surface area contributed by atoms with Crippen LogP contribution in [0.4, 0.5) is 5.82 Å². The molecule has 0 bridgehead atoms. The Morgan fingerprint density at radius 3 is 2.96 bits per heavy atom. The van der Waals surface area contributed by atoms with Gasteiger partial charge in [0.25, 0.3) is 5.91 Å². The summed E-state index contributed by atoms with van der Waals surface area (Å²) in [5, 5.41) is 13.8. The van der Waals surface area contributed by atoms with Gasteiger partial charge in [0.2, 0.25) is 0 Å². The van der Waals surface area contributed by atoms with Crippen LogP contribution in [-0.2, 0) is 23.2 Å². The van der Waals surface area contributed by atoms with E-state index in [1.807, 2.05) is 0 Å². The summed E-state index contributed by atoms with van der Waals surface area (Å²) < 4.78 is 6.50. The van der Waals surface area contributed by atoms with Gasteiger partial charge in [-0.2, -0.15) is 10.2 Å². The quantitative estimate of drug-likeness (QED) is 0.865. The first kappa shape index (κ1) is 15.2. The van der Waals surface area contributed by atoms with E-state index < -0.39 is 0 Å². The number of H-pyrrole nitrogens is 1. The van der Waals surface area contributed by atoms with Gasteiger partial charge in [-0.15, -0.1) is 0 Å². The molecule has 1 aliphatic rings. The molecule has 0 aromatic carbocycles. The van der Waals surface area contributed by atoms with Crippen LogP contribution in [0.25, 0.3) is 5.57 Å². The number of aromatic nitrogens is 4. The first-order chi connectivity index (χ1) is 11.1. The third-order valence-electron chi connectivity index (χ3n) is 3.60. The Labute approximate surface area is 132 Å². The second kappa shape index (κ2) is 6.17. The Morgan fingerprint density at radius 1 is 1.43 bits per heavy atom. The van der Waals surface area contributed by atoms with Crippen LogP contribution in [0.3, 0.4) is 0 Å². The fraction of sp³-hybridized carbons (Fsp3) is 0.333. The second-order valence-electron chi connectivity index (χ2n) is 5.33. The standard InChI is InChI=1S/C15H17N5O3/c1-20-13(6-10(19-20)8-23-2)15(22)16-14-7-12(17-18-14)9-3-4-11(21)5-9/h5-7H,3-4,8H2,1-2H3,(H2,16,17,18,22). The van der Waals surface area contributed by atoms with Gasteiger partial charge in [0, 0.05) is 26.6 Å². The summed E-state index contributed by atoms with van der Waals surface area (Å²) in [6, 6.07) is 3.39. The molecule has 23 heavy (non-hydrogen) atoms. The van der Waals surface area contributed by atoms with Crippen molar-refractivity contribution in [2.75, 3.05) is 12.4 Å². The van der Waals surface area contributed by atoms with E-state index in [0.717, 1.165) is 11.3 Å². The van der Waals surface area contributed by atoms with Gasteiger partial charge in [0.15, 0.2) is 11.6 Å². The SMILES string of the molecule is COCc1cc(C(=O)Nc2cc(C3=CC(=O)CC3)[nH]n2)n(C)n1. The van der Waals surface area contributed by atoms with Crippen molar-refractivity contribution in [3.8, 4) is 0 Å². The number of rotatable bonds is 5. The number of carbonyl (C=O) groups is 2. The molecule has 1 aliphatic carbocycles. The number of nitrogens with one attached hydrogen (secondary N) is 2. The van der Waals surface area contributed by atoms with Crippen molar-refractivity contribution in [2.24, 2.45) is 7.05 Å². The van der Waals surface area contributed by atoms with Gasteiger partial charge in [-0.25, -0.2) is 0 Å². The summed E-state index contributed by atoms with van der Waals surface area (Å²) in [7, 11) is 3.27. The van der Waals surface area contributed by atoms with Crippen molar-refractivity contribution in [2.45, 2.75) is 19.4 Å². The third kappa shape index (κ3) is 3.21. The Balaban J connectivity index is 1.72. The first-order valence-corrected chi connectivity index (χ1v) is 7.19. The molecule has 0 spiro atoms. The zero-order chi connectivity index (χ0) is 16.4. The molecule has 0 aliphatic heterocycles. The Hall–Kier alpha value is -2.74. The van der Waals surface area contributed by atoms with Gasteiger partial charge in [0.1, 0.15) is 5.69 Å². The van der Waals surface area contributed by atoms with Gasteiger partial charge in [-0.3, -0.25) is 19.4 Å². The Bertz CT molecular complexity index is 787.